The summed E-state index contributed by atoms with van der Waals surface area (Å²) in [6.45, 7) is 0.344. The lowest BCUT2D eigenvalue weighted by Crippen LogP contribution is -2.22. The molecule has 0 fully saturated rings. The first-order valence-corrected chi connectivity index (χ1v) is 10.9. The molecule has 136 valence electrons. The number of nitrogens with one attached hydrogen (secondary N) is 1. The molecular formula is C19H19NO4S2. The number of hydrogen-bond acceptors (Lipinski definition) is 5. The molecule has 0 radical (unpaired) electrons. The molecule has 2 heterocycles. The smallest absolute Gasteiger partial charge is 0.220 e. The van der Waals surface area contributed by atoms with Gasteiger partial charge in [-0.15, -0.1) is 11.3 Å². The average molecular weight is 389 g/mol. The predicted octanol–water partition coefficient (Wildman–Crippen LogP) is 3.66. The zero-order valence-corrected chi connectivity index (χ0v) is 15.9. The van der Waals surface area contributed by atoms with Gasteiger partial charge in [0.15, 0.2) is 9.84 Å². The van der Waals surface area contributed by atoms with Crippen LogP contribution >= 0.6 is 11.3 Å². The first kappa shape index (κ1) is 18.4. The van der Waals surface area contributed by atoms with Crippen molar-refractivity contribution >= 4 is 27.1 Å². The number of benzene rings is 1. The molecule has 3 aromatic rings. The van der Waals surface area contributed by atoms with Crippen molar-refractivity contribution in [3.05, 3.63) is 65.2 Å². The molecule has 0 atom stereocenters. The third-order valence-corrected chi connectivity index (χ3v) is 5.89. The minimum absolute atomic E-state index is 0.0775. The SMILES string of the molecule is CS(=O)(=O)c1ccc(CCC(=O)NCc2ccc(-c3cccs3)o2)cc1. The molecule has 0 aliphatic carbocycles. The van der Waals surface area contributed by atoms with E-state index in [0.717, 1.165) is 16.2 Å². The average Bonchev–Trinajstić information content (AvgIpc) is 3.29. The fourth-order valence-electron chi connectivity index (χ4n) is 2.46. The van der Waals surface area contributed by atoms with E-state index in [-0.39, 0.29) is 10.8 Å². The molecule has 2 aromatic heterocycles. The van der Waals surface area contributed by atoms with Gasteiger partial charge in [-0.1, -0.05) is 18.2 Å². The number of rotatable bonds is 7. The van der Waals surface area contributed by atoms with E-state index in [0.29, 0.717) is 25.1 Å². The van der Waals surface area contributed by atoms with Crippen LogP contribution in [0.25, 0.3) is 10.6 Å². The van der Waals surface area contributed by atoms with Crippen LogP contribution in [-0.4, -0.2) is 20.6 Å². The van der Waals surface area contributed by atoms with Crippen molar-refractivity contribution in [1.82, 2.24) is 5.32 Å². The number of carbonyl (C=O) groups is 1. The highest BCUT2D eigenvalue weighted by molar-refractivity contribution is 7.90. The minimum atomic E-state index is -3.19. The van der Waals surface area contributed by atoms with E-state index < -0.39 is 9.84 Å². The highest BCUT2D eigenvalue weighted by Gasteiger charge is 2.09. The molecule has 3 rings (SSSR count). The summed E-state index contributed by atoms with van der Waals surface area (Å²) in [5.74, 6) is 1.43. The summed E-state index contributed by atoms with van der Waals surface area (Å²) in [4.78, 5) is 13.3. The topological polar surface area (TPSA) is 76.4 Å². The van der Waals surface area contributed by atoms with Crippen LogP contribution in [0, 0.1) is 0 Å². The Morgan fingerprint density at radius 1 is 1.12 bits per heavy atom. The summed E-state index contributed by atoms with van der Waals surface area (Å²) in [5, 5.41) is 4.83. The maximum Gasteiger partial charge on any atom is 0.220 e. The lowest BCUT2D eigenvalue weighted by atomic mass is 10.1. The number of aryl methyl sites for hydroxylation is 1. The molecule has 0 saturated heterocycles. The van der Waals surface area contributed by atoms with Crippen molar-refractivity contribution in [2.24, 2.45) is 0 Å². The second-order valence-electron chi connectivity index (χ2n) is 5.94. The van der Waals surface area contributed by atoms with Crippen molar-refractivity contribution in [3.8, 4) is 10.6 Å². The highest BCUT2D eigenvalue weighted by atomic mass is 32.2. The zero-order valence-electron chi connectivity index (χ0n) is 14.3. The Hall–Kier alpha value is -2.38. The van der Waals surface area contributed by atoms with Gasteiger partial charge in [0.2, 0.25) is 5.91 Å². The zero-order chi connectivity index (χ0) is 18.6. The van der Waals surface area contributed by atoms with Gasteiger partial charge in [-0.05, 0) is 47.7 Å². The summed E-state index contributed by atoms with van der Waals surface area (Å²) < 4.78 is 28.6. The summed E-state index contributed by atoms with van der Waals surface area (Å²) >= 11 is 1.60. The monoisotopic (exact) mass is 389 g/mol. The molecule has 0 aliphatic rings. The van der Waals surface area contributed by atoms with E-state index in [1.165, 1.54) is 6.26 Å². The van der Waals surface area contributed by atoms with Crippen LogP contribution in [0.5, 0.6) is 0 Å². The van der Waals surface area contributed by atoms with Gasteiger partial charge in [0.05, 0.1) is 16.3 Å². The van der Waals surface area contributed by atoms with Crippen molar-refractivity contribution in [1.29, 1.82) is 0 Å². The normalized spacial score (nSPS) is 11.4. The van der Waals surface area contributed by atoms with Crippen molar-refractivity contribution in [2.75, 3.05) is 6.26 Å². The Morgan fingerprint density at radius 2 is 1.88 bits per heavy atom. The first-order chi connectivity index (χ1) is 12.4. The number of sulfone groups is 1. The molecular weight excluding hydrogens is 370 g/mol. The van der Waals surface area contributed by atoms with Gasteiger partial charge in [0.25, 0.3) is 0 Å². The Bertz CT molecular complexity index is 971. The van der Waals surface area contributed by atoms with Crippen molar-refractivity contribution in [2.45, 2.75) is 24.3 Å². The molecule has 26 heavy (non-hydrogen) atoms. The Labute approximate surface area is 156 Å². The second-order valence-corrected chi connectivity index (χ2v) is 8.90. The molecule has 5 nitrogen and oxygen atoms in total. The molecule has 0 aliphatic heterocycles. The number of thiophene rings is 1. The maximum atomic E-state index is 12.0. The van der Waals surface area contributed by atoms with E-state index in [9.17, 15) is 13.2 Å². The third kappa shape index (κ3) is 4.83. The predicted molar refractivity (Wildman–Crippen MR) is 102 cm³/mol. The van der Waals surface area contributed by atoms with E-state index in [4.69, 9.17) is 4.42 Å². The van der Waals surface area contributed by atoms with Gasteiger partial charge in [-0.25, -0.2) is 8.42 Å². The third-order valence-electron chi connectivity index (χ3n) is 3.88. The van der Waals surface area contributed by atoms with Gasteiger partial charge in [-0.3, -0.25) is 4.79 Å². The molecule has 7 heteroatoms. The molecule has 0 spiro atoms. The van der Waals surface area contributed by atoms with Crippen LogP contribution in [0.4, 0.5) is 0 Å². The Kier molecular flexibility index (Phi) is 5.58. The minimum Gasteiger partial charge on any atom is -0.458 e. The summed E-state index contributed by atoms with van der Waals surface area (Å²) in [6.07, 6.45) is 2.05. The molecule has 0 bridgehead atoms. The van der Waals surface area contributed by atoms with E-state index in [2.05, 4.69) is 5.32 Å². The Balaban J connectivity index is 1.47. The lowest BCUT2D eigenvalue weighted by molar-refractivity contribution is -0.121. The number of amides is 1. The molecule has 0 unspecified atom stereocenters. The maximum absolute atomic E-state index is 12.0. The molecule has 1 aromatic carbocycles. The first-order valence-electron chi connectivity index (χ1n) is 8.10. The molecule has 0 saturated carbocycles. The van der Waals surface area contributed by atoms with Crippen LogP contribution in [0.15, 0.2) is 63.2 Å². The van der Waals surface area contributed by atoms with Crippen LogP contribution < -0.4 is 5.32 Å². The highest BCUT2D eigenvalue weighted by Crippen LogP contribution is 2.26. The lowest BCUT2D eigenvalue weighted by Gasteiger charge is -2.05. The largest absolute Gasteiger partial charge is 0.458 e. The second kappa shape index (κ2) is 7.88. The van der Waals surface area contributed by atoms with E-state index in [1.54, 1.807) is 35.6 Å². The van der Waals surface area contributed by atoms with Gasteiger partial charge in [0, 0.05) is 12.7 Å². The van der Waals surface area contributed by atoms with Gasteiger partial charge < -0.3 is 9.73 Å². The van der Waals surface area contributed by atoms with Crippen LogP contribution in [0.3, 0.4) is 0 Å². The fraction of sp³-hybridized carbons (Fsp3) is 0.211. The fourth-order valence-corrected chi connectivity index (χ4v) is 3.78. The quantitative estimate of drug-likeness (QED) is 0.669. The van der Waals surface area contributed by atoms with Gasteiger partial charge in [-0.2, -0.15) is 0 Å². The molecule has 1 N–H and O–H groups in total. The van der Waals surface area contributed by atoms with Crippen LogP contribution in [-0.2, 0) is 27.6 Å². The van der Waals surface area contributed by atoms with Gasteiger partial charge >= 0.3 is 0 Å². The van der Waals surface area contributed by atoms with Crippen LogP contribution in [0.1, 0.15) is 17.7 Å². The van der Waals surface area contributed by atoms with Gasteiger partial charge in [0.1, 0.15) is 11.5 Å². The van der Waals surface area contributed by atoms with Crippen molar-refractivity contribution < 1.29 is 17.6 Å². The Morgan fingerprint density at radius 3 is 2.54 bits per heavy atom. The molecule has 1 amide bonds. The summed E-state index contributed by atoms with van der Waals surface area (Å²) in [7, 11) is -3.19. The standard InChI is InChI=1S/C19H19NO4S2/c1-26(22,23)16-8-4-14(5-9-16)6-11-19(21)20-13-15-7-10-17(24-15)18-3-2-12-25-18/h2-5,7-10,12H,6,11,13H2,1H3,(H,20,21). The number of carbonyl (C=O) groups excluding carboxylic acids is 1. The summed E-state index contributed by atoms with van der Waals surface area (Å²) in [5.41, 5.74) is 0.922. The van der Waals surface area contributed by atoms with E-state index >= 15 is 0 Å². The summed E-state index contributed by atoms with van der Waals surface area (Å²) in [6, 6.07) is 14.3. The number of furan rings is 1. The number of hydrogen-bond donors (Lipinski definition) is 1. The van der Waals surface area contributed by atoms with E-state index in [1.807, 2.05) is 29.6 Å². The van der Waals surface area contributed by atoms with Crippen LogP contribution in [0.2, 0.25) is 0 Å². The van der Waals surface area contributed by atoms with Crippen molar-refractivity contribution in [3.63, 3.8) is 0 Å².